The number of urea groups is 2. The summed E-state index contributed by atoms with van der Waals surface area (Å²) in [6, 6.07) is 15.1. The Bertz CT molecular complexity index is 2280. The van der Waals surface area contributed by atoms with Gasteiger partial charge in [0.05, 0.1) is 190 Å². The maximum Gasteiger partial charge on any atom is 0.335 e. The number of likely N-dealkylation sites (tertiary alicyclic amines) is 1. The molecule has 4 heterocycles. The summed E-state index contributed by atoms with van der Waals surface area (Å²) in [7, 11) is 0. The lowest BCUT2D eigenvalue weighted by Gasteiger charge is -2.22. The molecule has 79 heavy (non-hydrogen) atoms. The second kappa shape index (κ2) is 36.2. The van der Waals surface area contributed by atoms with E-state index in [0.717, 1.165) is 10.5 Å². The van der Waals surface area contributed by atoms with Crippen molar-refractivity contribution in [2.24, 2.45) is 0 Å². The van der Waals surface area contributed by atoms with Crippen LogP contribution in [-0.2, 0) is 87.4 Å². The number of anilines is 2. The summed E-state index contributed by atoms with van der Waals surface area (Å²) in [5, 5.41) is 14.7. The van der Waals surface area contributed by atoms with Crippen LogP contribution in [0.15, 0.2) is 60.8 Å². The zero-order valence-electron chi connectivity index (χ0n) is 44.6. The first-order chi connectivity index (χ1) is 38.7. The van der Waals surface area contributed by atoms with Crippen molar-refractivity contribution in [1.82, 2.24) is 30.3 Å². The molecule has 27 nitrogen and oxygen atoms in total. The number of para-hydroxylation sites is 1. The van der Waals surface area contributed by atoms with Crippen LogP contribution in [0.3, 0.4) is 0 Å². The molecule has 3 fully saturated rings. The number of benzene rings is 2. The molecule has 0 radical (unpaired) electrons. The highest BCUT2D eigenvalue weighted by Gasteiger charge is 2.56. The number of hydrogen-bond donors (Lipinski definition) is 2. The molecule has 0 saturated carbocycles. The number of amides is 7. The molecule has 1 spiro atoms. The van der Waals surface area contributed by atoms with Crippen LogP contribution in [0.1, 0.15) is 25.7 Å². The second-order valence-electron chi connectivity index (χ2n) is 17.7. The van der Waals surface area contributed by atoms with E-state index in [1.807, 2.05) is 18.2 Å². The van der Waals surface area contributed by atoms with Crippen molar-refractivity contribution in [3.63, 3.8) is 0 Å². The molecule has 3 aliphatic rings. The van der Waals surface area contributed by atoms with Gasteiger partial charge in [0.25, 0.3) is 17.7 Å². The van der Waals surface area contributed by atoms with Gasteiger partial charge in [-0.15, -0.1) is 10.2 Å². The molecule has 2 N–H and O–H groups in total. The lowest BCUT2D eigenvalue weighted by molar-refractivity contribution is -0.198. The van der Waals surface area contributed by atoms with E-state index < -0.39 is 29.4 Å². The fourth-order valence-electron chi connectivity index (χ4n) is 7.83. The third kappa shape index (κ3) is 22.5. The van der Waals surface area contributed by atoms with E-state index >= 15 is 0 Å². The second-order valence-corrected chi connectivity index (χ2v) is 17.7. The van der Waals surface area contributed by atoms with Crippen LogP contribution in [0.2, 0.25) is 0 Å². The number of carbonyl (C=O) groups excluding carboxylic acids is 6. The highest BCUT2D eigenvalue weighted by molar-refractivity contribution is 6.23. The quantitative estimate of drug-likeness (QED) is 0.0465. The van der Waals surface area contributed by atoms with Gasteiger partial charge < -0.3 is 77.2 Å². The molecular weight excluding hydrogens is 1040 g/mol. The first kappa shape index (κ1) is 62.1. The number of carbonyl (C=O) groups is 6. The number of nitrogens with zero attached hydrogens (tertiary/aromatic N) is 6. The van der Waals surface area contributed by atoms with E-state index in [2.05, 4.69) is 20.9 Å². The number of imide groups is 2. The van der Waals surface area contributed by atoms with Gasteiger partial charge in [-0.1, -0.05) is 35.5 Å². The molecular formula is C52H74N8O19. The Morgan fingerprint density at radius 2 is 1.04 bits per heavy atom. The van der Waals surface area contributed by atoms with Crippen molar-refractivity contribution >= 4 is 47.1 Å². The number of ether oxygens (including phenoxy) is 12. The summed E-state index contributed by atoms with van der Waals surface area (Å²) in [6.07, 6.45) is 2.13. The van der Waals surface area contributed by atoms with Crippen LogP contribution in [0, 0.1) is 0 Å². The van der Waals surface area contributed by atoms with Gasteiger partial charge in [-0.25, -0.2) is 24.0 Å². The number of hydrogen-bond acceptors (Lipinski definition) is 21. The van der Waals surface area contributed by atoms with E-state index in [-0.39, 0.29) is 51.0 Å². The fourth-order valence-corrected chi connectivity index (χ4v) is 7.83. The van der Waals surface area contributed by atoms with E-state index in [0.29, 0.717) is 187 Å². The van der Waals surface area contributed by atoms with E-state index in [4.69, 9.17) is 61.7 Å². The molecule has 3 saturated heterocycles. The summed E-state index contributed by atoms with van der Waals surface area (Å²) in [5.74, 6) is -2.11. The van der Waals surface area contributed by atoms with Crippen molar-refractivity contribution in [1.29, 1.82) is 0 Å². The Morgan fingerprint density at radius 1 is 0.570 bits per heavy atom. The molecule has 27 heteroatoms. The van der Waals surface area contributed by atoms with Crippen LogP contribution in [-0.4, -0.2) is 238 Å². The lowest BCUT2D eigenvalue weighted by atomic mass is 9.99. The minimum Gasteiger partial charge on any atom is -0.378 e. The molecule has 0 aliphatic carbocycles. The van der Waals surface area contributed by atoms with Crippen LogP contribution in [0.25, 0.3) is 11.3 Å². The number of hydroxylamine groups is 2. The Balaban J connectivity index is 0.623. The molecule has 2 aromatic carbocycles. The molecule has 1 unspecified atom stereocenters. The summed E-state index contributed by atoms with van der Waals surface area (Å²) in [6.45, 7) is 10.6. The van der Waals surface area contributed by atoms with Crippen LogP contribution in [0.4, 0.5) is 21.0 Å². The number of aromatic nitrogens is 3. The maximum atomic E-state index is 13.4. The van der Waals surface area contributed by atoms with Gasteiger partial charge in [0, 0.05) is 30.6 Å². The van der Waals surface area contributed by atoms with Gasteiger partial charge in [-0.05, 0) is 30.7 Å². The van der Waals surface area contributed by atoms with E-state index in [9.17, 15) is 28.8 Å². The van der Waals surface area contributed by atoms with Crippen molar-refractivity contribution < 1.29 is 90.4 Å². The zero-order valence-corrected chi connectivity index (χ0v) is 44.6. The fraction of sp³-hybridized carbons (Fsp3) is 0.615. The Morgan fingerprint density at radius 3 is 1.53 bits per heavy atom. The first-order valence-electron chi connectivity index (χ1n) is 26.5. The monoisotopic (exact) mass is 1110 g/mol. The number of rotatable bonds is 43. The summed E-state index contributed by atoms with van der Waals surface area (Å²) in [5.41, 5.74) is 1.26. The van der Waals surface area contributed by atoms with Gasteiger partial charge >= 0.3 is 18.0 Å². The Labute approximate surface area is 458 Å². The SMILES string of the molecule is O=C(CCOCCOCCOCCOCCOCCOCCOCCOCCOCCOCCOCCOCCn1cc(-c2cccc(NC(=O)N3CCC4(C3)NC(=O)N(c3ccccc3)C4=O)c2)nn1)ON1C(=O)CCC1=O. The maximum absolute atomic E-state index is 13.4. The topological polar surface area (TPSA) is 287 Å². The Kier molecular flexibility index (Phi) is 28.5. The van der Waals surface area contributed by atoms with E-state index in [1.54, 1.807) is 47.3 Å². The molecule has 6 rings (SSSR count). The normalized spacial score (nSPS) is 16.3. The standard InChI is InChI=1S/C52H74N8O19/c61-46-9-10-47(62)60(46)79-48(63)11-15-67-17-19-69-21-23-71-25-27-73-29-31-75-33-35-77-37-38-78-36-34-76-32-30-74-28-26-72-24-22-70-20-18-68-16-14-58-40-45(55-56-58)42-5-4-6-43(39-42)53-50(65)57-13-12-52(41-57)49(64)59(51(66)54-52)44-7-2-1-3-8-44/h1-8,39-40H,9-38,41H2,(H,53,65)(H,54,66). The molecule has 436 valence electrons. The zero-order chi connectivity index (χ0) is 55.6. The van der Waals surface area contributed by atoms with Gasteiger partial charge in [0.15, 0.2) is 0 Å². The minimum atomic E-state index is -1.16. The van der Waals surface area contributed by atoms with Gasteiger partial charge in [-0.3, -0.25) is 14.4 Å². The molecule has 3 aliphatic heterocycles. The molecule has 1 aromatic heterocycles. The van der Waals surface area contributed by atoms with Crippen molar-refractivity contribution in [3.8, 4) is 11.3 Å². The molecule has 3 aromatic rings. The largest absolute Gasteiger partial charge is 0.378 e. The smallest absolute Gasteiger partial charge is 0.335 e. The minimum absolute atomic E-state index is 0.0493. The van der Waals surface area contributed by atoms with Crippen molar-refractivity contribution in [2.45, 2.75) is 37.8 Å². The average molecular weight is 1120 g/mol. The van der Waals surface area contributed by atoms with Crippen LogP contribution in [0.5, 0.6) is 0 Å². The highest BCUT2D eigenvalue weighted by atomic mass is 16.7. The predicted octanol–water partition coefficient (Wildman–Crippen LogP) is 1.87. The first-order valence-corrected chi connectivity index (χ1v) is 26.5. The summed E-state index contributed by atoms with van der Waals surface area (Å²) < 4.78 is 67.7. The number of nitrogens with one attached hydrogen (secondary N) is 2. The van der Waals surface area contributed by atoms with Crippen molar-refractivity contribution in [2.75, 3.05) is 182 Å². The van der Waals surface area contributed by atoms with Crippen molar-refractivity contribution in [3.05, 3.63) is 60.8 Å². The molecule has 1 atom stereocenters. The molecule has 7 amide bonds. The lowest BCUT2D eigenvalue weighted by Crippen LogP contribution is -2.50. The van der Waals surface area contributed by atoms with Crippen LogP contribution >= 0.6 is 0 Å². The van der Waals surface area contributed by atoms with E-state index in [1.165, 1.54) is 4.90 Å². The third-order valence-electron chi connectivity index (χ3n) is 11.9. The summed E-state index contributed by atoms with van der Waals surface area (Å²) >= 11 is 0. The van der Waals surface area contributed by atoms with Crippen LogP contribution < -0.4 is 15.5 Å². The van der Waals surface area contributed by atoms with Gasteiger partial charge in [-0.2, -0.15) is 0 Å². The predicted molar refractivity (Wildman–Crippen MR) is 277 cm³/mol. The van der Waals surface area contributed by atoms with Gasteiger partial charge in [0.1, 0.15) is 11.2 Å². The Hall–Kier alpha value is -6.08. The van der Waals surface area contributed by atoms with Gasteiger partial charge in [0.2, 0.25) is 0 Å². The highest BCUT2D eigenvalue weighted by Crippen LogP contribution is 2.32. The average Bonchev–Trinajstić information content (AvgIpc) is 4.39. The summed E-state index contributed by atoms with van der Waals surface area (Å²) in [4.78, 5) is 81.5. The third-order valence-corrected chi connectivity index (χ3v) is 11.9. The molecule has 0 bridgehead atoms.